The van der Waals surface area contributed by atoms with E-state index in [1.807, 2.05) is 32.9 Å². The van der Waals surface area contributed by atoms with E-state index in [4.69, 9.17) is 9.72 Å². The van der Waals surface area contributed by atoms with Gasteiger partial charge in [0.25, 0.3) is 0 Å². The zero-order chi connectivity index (χ0) is 26.8. The number of likely N-dealkylation sites (N-methyl/N-ethyl adjacent to an activating group) is 1. The van der Waals surface area contributed by atoms with Crippen molar-refractivity contribution in [2.45, 2.75) is 39.7 Å². The predicted molar refractivity (Wildman–Crippen MR) is 145 cm³/mol. The zero-order valence-corrected chi connectivity index (χ0v) is 23.0. The molecule has 0 aromatic carbocycles. The van der Waals surface area contributed by atoms with E-state index in [1.54, 1.807) is 18.5 Å². The van der Waals surface area contributed by atoms with Crippen LogP contribution in [0.3, 0.4) is 0 Å². The summed E-state index contributed by atoms with van der Waals surface area (Å²) in [5.41, 5.74) is 2.71. The highest BCUT2D eigenvalue weighted by Crippen LogP contribution is 2.25. The summed E-state index contributed by atoms with van der Waals surface area (Å²) in [5.74, 6) is 0.890. The number of rotatable bonds is 8. The molecule has 4 rings (SSSR count). The van der Waals surface area contributed by atoms with Crippen molar-refractivity contribution in [2.75, 3.05) is 44.7 Å². The minimum Gasteiger partial charge on any atom is -0.489 e. The number of sulfone groups is 1. The van der Waals surface area contributed by atoms with Gasteiger partial charge < -0.3 is 19.5 Å². The lowest BCUT2D eigenvalue weighted by molar-refractivity contribution is 0.0860. The first kappa shape index (κ1) is 27.1. The van der Waals surface area contributed by atoms with Gasteiger partial charge >= 0.3 is 0 Å². The molecule has 0 radical (unpaired) electrons. The molecule has 2 saturated heterocycles. The van der Waals surface area contributed by atoms with Crippen molar-refractivity contribution in [3.8, 4) is 0 Å². The van der Waals surface area contributed by atoms with Crippen LogP contribution in [0.25, 0.3) is 11.2 Å². The van der Waals surface area contributed by atoms with E-state index in [0.29, 0.717) is 47.7 Å². The van der Waals surface area contributed by atoms with E-state index >= 15 is 0 Å². The van der Waals surface area contributed by atoms with Gasteiger partial charge in [-0.05, 0) is 19.5 Å². The van der Waals surface area contributed by atoms with Crippen LogP contribution in [-0.2, 0) is 21.0 Å². The standard InChI is InChI=1S/C27H37N5O4S/c1-6-21(36-22-9-10-31(5)18-22)15-20(32-11-13-37(34,35)14-12-32)8-7-19-16-28-26-24(30-19)23(17-29-26)25(33)27(2,3)4/h6,8,15-17,22H,1,7,9-14,18H2,2-5H3,(H,28,29)/b20-8+,21-15+. The van der Waals surface area contributed by atoms with Crippen molar-refractivity contribution in [1.29, 1.82) is 0 Å². The number of nitrogens with one attached hydrogen (secondary N) is 1. The van der Waals surface area contributed by atoms with Gasteiger partial charge in [-0.15, -0.1) is 0 Å². The number of fused-ring (bicyclic) bond motifs is 1. The van der Waals surface area contributed by atoms with Crippen LogP contribution in [0.5, 0.6) is 0 Å². The zero-order valence-electron chi connectivity index (χ0n) is 22.2. The molecule has 2 fully saturated rings. The van der Waals surface area contributed by atoms with Gasteiger partial charge in [-0.1, -0.05) is 33.4 Å². The lowest BCUT2D eigenvalue weighted by Gasteiger charge is -2.30. The summed E-state index contributed by atoms with van der Waals surface area (Å²) in [6.45, 7) is 12.2. The molecule has 9 nitrogen and oxygen atoms in total. The molecular formula is C27H37N5O4S. The van der Waals surface area contributed by atoms with E-state index in [1.165, 1.54) is 0 Å². The number of likely N-dealkylation sites (tertiary alicyclic amines) is 1. The number of carbonyl (C=O) groups excluding carboxylic acids is 1. The second-order valence-electron chi connectivity index (χ2n) is 10.9. The number of nitrogens with zero attached hydrogens (tertiary/aromatic N) is 4. The van der Waals surface area contributed by atoms with Crippen molar-refractivity contribution in [3.63, 3.8) is 0 Å². The molecule has 4 heterocycles. The van der Waals surface area contributed by atoms with Crippen molar-refractivity contribution >= 4 is 26.8 Å². The number of ketones is 1. The summed E-state index contributed by atoms with van der Waals surface area (Å²) in [6.07, 6.45) is 10.5. The van der Waals surface area contributed by atoms with Crippen molar-refractivity contribution in [1.82, 2.24) is 24.8 Å². The van der Waals surface area contributed by atoms with Crippen molar-refractivity contribution < 1.29 is 17.9 Å². The maximum Gasteiger partial charge on any atom is 0.171 e. The number of Topliss-reactive ketones (excluding diaryl/α,β-unsaturated/α-hetero) is 1. The fourth-order valence-corrected chi connectivity index (χ4v) is 5.73. The maximum absolute atomic E-state index is 12.9. The van der Waals surface area contributed by atoms with Crippen LogP contribution >= 0.6 is 0 Å². The first-order valence-corrected chi connectivity index (χ1v) is 14.5. The second-order valence-corrected chi connectivity index (χ2v) is 13.2. The van der Waals surface area contributed by atoms with Crippen LogP contribution in [-0.4, -0.2) is 89.8 Å². The first-order valence-electron chi connectivity index (χ1n) is 12.7. The minimum atomic E-state index is -3.02. The third-order valence-electron chi connectivity index (χ3n) is 6.73. The third kappa shape index (κ3) is 6.67. The number of hydrogen-bond donors (Lipinski definition) is 1. The van der Waals surface area contributed by atoms with Gasteiger partial charge in [0.15, 0.2) is 21.3 Å². The van der Waals surface area contributed by atoms with E-state index in [0.717, 1.165) is 25.2 Å². The SMILES string of the molecule is C=C/C(=C\C(=C/Cc1cnc2[nH]cc(C(=O)C(C)(C)C)c2n1)N1CCS(=O)(=O)CC1)OC1CCN(C)C1. The molecular weight excluding hydrogens is 490 g/mol. The van der Waals surface area contributed by atoms with Crippen LogP contribution in [0.1, 0.15) is 43.2 Å². The molecule has 2 aliphatic rings. The van der Waals surface area contributed by atoms with Gasteiger partial charge in [0.05, 0.1) is 29.0 Å². The highest BCUT2D eigenvalue weighted by atomic mass is 32.2. The summed E-state index contributed by atoms with van der Waals surface area (Å²) in [4.78, 5) is 29.5. The summed E-state index contributed by atoms with van der Waals surface area (Å²) >= 11 is 0. The number of ether oxygens (including phenoxy) is 1. The smallest absolute Gasteiger partial charge is 0.171 e. The Morgan fingerprint density at radius 2 is 2.00 bits per heavy atom. The average Bonchev–Trinajstić information content (AvgIpc) is 3.45. The highest BCUT2D eigenvalue weighted by molar-refractivity contribution is 7.91. The van der Waals surface area contributed by atoms with Crippen LogP contribution in [0, 0.1) is 5.41 Å². The van der Waals surface area contributed by atoms with E-state index in [-0.39, 0.29) is 23.4 Å². The highest BCUT2D eigenvalue weighted by Gasteiger charge is 2.27. The van der Waals surface area contributed by atoms with Crippen LogP contribution in [0.4, 0.5) is 0 Å². The minimum absolute atomic E-state index is 0.00391. The molecule has 2 aliphatic heterocycles. The first-order chi connectivity index (χ1) is 17.4. The van der Waals surface area contributed by atoms with Crippen LogP contribution in [0.2, 0.25) is 0 Å². The summed E-state index contributed by atoms with van der Waals surface area (Å²) in [6, 6.07) is 0. The molecule has 10 heteroatoms. The Hall–Kier alpha value is -2.98. The lowest BCUT2D eigenvalue weighted by atomic mass is 9.87. The van der Waals surface area contributed by atoms with E-state index < -0.39 is 15.3 Å². The van der Waals surface area contributed by atoms with Gasteiger partial charge in [-0.3, -0.25) is 4.79 Å². The largest absolute Gasteiger partial charge is 0.489 e. The quantitative estimate of drug-likeness (QED) is 0.317. The number of H-pyrrole nitrogens is 1. The summed E-state index contributed by atoms with van der Waals surface area (Å²) < 4.78 is 30.3. The van der Waals surface area contributed by atoms with Gasteiger partial charge in [0, 0.05) is 56.0 Å². The number of aromatic amines is 1. The average molecular weight is 528 g/mol. The Bertz CT molecular complexity index is 1320. The Balaban J connectivity index is 1.62. The molecule has 0 spiro atoms. The molecule has 1 N–H and O–H groups in total. The molecule has 2 aromatic rings. The van der Waals surface area contributed by atoms with Gasteiger partial charge in [0.1, 0.15) is 17.4 Å². The normalized spacial score (nSPS) is 21.4. The Morgan fingerprint density at radius 3 is 2.62 bits per heavy atom. The number of aromatic nitrogens is 3. The molecule has 37 heavy (non-hydrogen) atoms. The molecule has 1 atom stereocenters. The Kier molecular flexibility index (Phi) is 7.89. The Labute approximate surface area is 219 Å². The van der Waals surface area contributed by atoms with Gasteiger partial charge in [0.2, 0.25) is 0 Å². The number of allylic oxidation sites excluding steroid dienone is 3. The fraction of sp³-hybridized carbons (Fsp3) is 0.519. The Morgan fingerprint density at radius 1 is 1.27 bits per heavy atom. The molecule has 2 aromatic heterocycles. The van der Waals surface area contributed by atoms with Crippen molar-refractivity contribution in [2.24, 2.45) is 5.41 Å². The monoisotopic (exact) mass is 527 g/mol. The van der Waals surface area contributed by atoms with E-state index in [9.17, 15) is 13.2 Å². The molecule has 0 bridgehead atoms. The summed E-state index contributed by atoms with van der Waals surface area (Å²) in [7, 11) is -0.950. The molecule has 0 amide bonds. The van der Waals surface area contributed by atoms with Gasteiger partial charge in [-0.25, -0.2) is 18.4 Å². The van der Waals surface area contributed by atoms with Crippen LogP contribution in [0.15, 0.2) is 48.7 Å². The molecule has 0 saturated carbocycles. The molecule has 200 valence electrons. The summed E-state index contributed by atoms with van der Waals surface area (Å²) in [5, 5.41) is 0. The fourth-order valence-electron chi connectivity index (χ4n) is 4.53. The third-order valence-corrected chi connectivity index (χ3v) is 8.34. The maximum atomic E-state index is 12.9. The number of hydrogen-bond acceptors (Lipinski definition) is 8. The van der Waals surface area contributed by atoms with E-state index in [2.05, 4.69) is 33.4 Å². The predicted octanol–water partition coefficient (Wildman–Crippen LogP) is 3.13. The number of carbonyl (C=O) groups is 1. The van der Waals surface area contributed by atoms with Crippen LogP contribution < -0.4 is 0 Å². The van der Waals surface area contributed by atoms with Gasteiger partial charge in [-0.2, -0.15) is 0 Å². The molecule has 1 unspecified atom stereocenters. The second kappa shape index (κ2) is 10.8. The lowest BCUT2D eigenvalue weighted by Crippen LogP contribution is -2.39. The molecule has 0 aliphatic carbocycles. The van der Waals surface area contributed by atoms with Crippen molar-refractivity contribution in [3.05, 3.63) is 59.9 Å². The topological polar surface area (TPSA) is 108 Å².